The Balaban J connectivity index is 1.39. The zero-order chi connectivity index (χ0) is 25.5. The van der Waals surface area contributed by atoms with Crippen LogP contribution < -0.4 is 4.74 Å². The van der Waals surface area contributed by atoms with Crippen molar-refractivity contribution in [1.82, 2.24) is 33.7 Å². The van der Waals surface area contributed by atoms with Crippen molar-refractivity contribution in [3.8, 4) is 29.4 Å². The van der Waals surface area contributed by atoms with Crippen LogP contribution in [0.3, 0.4) is 0 Å². The molecule has 1 aromatic carbocycles. The lowest BCUT2D eigenvalue weighted by molar-refractivity contribution is 0.216. The number of nitriles is 2. The van der Waals surface area contributed by atoms with Gasteiger partial charge < -0.3 is 9.64 Å². The molecule has 1 fully saturated rings. The first-order valence-corrected chi connectivity index (χ1v) is 12.8. The lowest BCUT2D eigenvalue weighted by Crippen LogP contribution is -2.31. The molecule has 37 heavy (non-hydrogen) atoms. The minimum atomic E-state index is -0.293. The van der Waals surface area contributed by atoms with E-state index in [0.717, 1.165) is 58.5 Å². The highest BCUT2D eigenvalue weighted by molar-refractivity contribution is 7.13. The fourth-order valence-corrected chi connectivity index (χ4v) is 5.86. The second-order valence-electron chi connectivity index (χ2n) is 9.17. The molecular weight excluding hydrogens is 486 g/mol. The molecule has 0 radical (unpaired) electrons. The second kappa shape index (κ2) is 9.19. The average molecular weight is 510 g/mol. The van der Waals surface area contributed by atoms with Crippen LogP contribution in [0.2, 0.25) is 0 Å². The summed E-state index contributed by atoms with van der Waals surface area (Å²) in [6, 6.07) is 12.3. The van der Waals surface area contributed by atoms with Crippen molar-refractivity contribution in [2.75, 3.05) is 13.1 Å². The number of hydrogen-bond donors (Lipinski definition) is 0. The maximum absolute atomic E-state index is 9.71. The molecule has 1 aliphatic rings. The number of imidazole rings is 1. The quantitative estimate of drug-likeness (QED) is 0.314. The van der Waals surface area contributed by atoms with Gasteiger partial charge in [-0.15, -0.1) is 5.10 Å². The Morgan fingerprint density at radius 1 is 1.16 bits per heavy atom. The van der Waals surface area contributed by atoms with Crippen molar-refractivity contribution in [1.29, 1.82) is 10.5 Å². The summed E-state index contributed by atoms with van der Waals surface area (Å²) in [6.45, 7) is 5.44. The molecule has 6 rings (SSSR count). The van der Waals surface area contributed by atoms with Crippen LogP contribution in [0.4, 0.5) is 0 Å². The van der Waals surface area contributed by atoms with E-state index in [9.17, 15) is 5.26 Å². The molecular formula is C26H23N9OS. The molecule has 0 saturated carbocycles. The number of ether oxygens (including phenoxy) is 1. The lowest BCUT2D eigenvalue weighted by atomic mass is 10.0. The van der Waals surface area contributed by atoms with E-state index in [-0.39, 0.29) is 12.1 Å². The molecule has 5 aromatic rings. The molecule has 0 aliphatic carbocycles. The molecule has 1 atom stereocenters. The first-order chi connectivity index (χ1) is 18.1. The topological polar surface area (TPSA) is 121 Å². The predicted molar refractivity (Wildman–Crippen MR) is 138 cm³/mol. The first kappa shape index (κ1) is 23.0. The summed E-state index contributed by atoms with van der Waals surface area (Å²) in [4.78, 5) is 6.24. The van der Waals surface area contributed by atoms with Crippen molar-refractivity contribution < 1.29 is 4.74 Å². The Labute approximate surface area is 217 Å². The molecule has 1 unspecified atom stereocenters. The minimum absolute atomic E-state index is 0.196. The normalized spacial score (nSPS) is 15.1. The molecule has 5 heterocycles. The zero-order valence-corrected chi connectivity index (χ0v) is 21.2. The highest BCUT2D eigenvalue weighted by atomic mass is 32.1. The molecule has 184 valence electrons. The third-order valence-electron chi connectivity index (χ3n) is 6.99. The number of pyridine rings is 1. The van der Waals surface area contributed by atoms with E-state index >= 15 is 0 Å². The molecule has 11 heteroatoms. The van der Waals surface area contributed by atoms with Crippen molar-refractivity contribution in [3.05, 3.63) is 59.7 Å². The average Bonchev–Trinajstić information content (AvgIpc) is 3.66. The Bertz CT molecular complexity index is 1690. The van der Waals surface area contributed by atoms with Crippen LogP contribution >= 0.6 is 11.5 Å². The van der Waals surface area contributed by atoms with Gasteiger partial charge in [0.2, 0.25) is 5.88 Å². The molecule has 0 bridgehead atoms. The third-order valence-corrected chi connectivity index (χ3v) is 7.85. The van der Waals surface area contributed by atoms with Gasteiger partial charge in [0, 0.05) is 41.9 Å². The van der Waals surface area contributed by atoms with Crippen molar-refractivity contribution in [2.45, 2.75) is 38.8 Å². The third kappa shape index (κ3) is 3.94. The van der Waals surface area contributed by atoms with Crippen LogP contribution in [0.1, 0.15) is 48.9 Å². The molecule has 1 saturated heterocycles. The number of nitrogens with zero attached hydrogens (tertiary/aromatic N) is 9. The molecule has 0 N–H and O–H groups in total. The number of benzene rings is 1. The fraction of sp³-hybridized carbons (Fsp3) is 0.308. The summed E-state index contributed by atoms with van der Waals surface area (Å²) in [7, 11) is 0. The van der Waals surface area contributed by atoms with Crippen molar-refractivity contribution in [3.63, 3.8) is 0 Å². The summed E-state index contributed by atoms with van der Waals surface area (Å²) >= 11 is 1.44. The highest BCUT2D eigenvalue weighted by Gasteiger charge is 2.25. The van der Waals surface area contributed by atoms with Crippen LogP contribution in [0.15, 0.2) is 42.7 Å². The molecule has 4 aromatic heterocycles. The second-order valence-corrected chi connectivity index (χ2v) is 9.97. The van der Waals surface area contributed by atoms with Crippen LogP contribution in [-0.4, -0.2) is 46.7 Å². The van der Waals surface area contributed by atoms with E-state index in [4.69, 9.17) is 10.00 Å². The van der Waals surface area contributed by atoms with Crippen molar-refractivity contribution >= 4 is 27.3 Å². The number of hydrogen-bond acceptors (Lipinski definition) is 9. The van der Waals surface area contributed by atoms with E-state index in [1.807, 2.05) is 55.1 Å². The summed E-state index contributed by atoms with van der Waals surface area (Å²) in [5, 5.41) is 28.9. The Morgan fingerprint density at radius 3 is 2.78 bits per heavy atom. The van der Waals surface area contributed by atoms with Gasteiger partial charge >= 0.3 is 0 Å². The van der Waals surface area contributed by atoms with Gasteiger partial charge in [-0.05, 0) is 44.3 Å². The van der Waals surface area contributed by atoms with E-state index in [0.29, 0.717) is 17.2 Å². The fourth-order valence-electron chi connectivity index (χ4n) is 5.03. The lowest BCUT2D eigenvalue weighted by Gasteiger charge is -2.28. The smallest absolute Gasteiger partial charge is 0.201 e. The summed E-state index contributed by atoms with van der Waals surface area (Å²) in [5.41, 5.74) is 4.53. The first-order valence-electron chi connectivity index (χ1n) is 12.1. The number of rotatable bonds is 5. The largest absolute Gasteiger partial charge is 0.471 e. The summed E-state index contributed by atoms with van der Waals surface area (Å²) in [5.74, 6) is 0.506. The number of piperidine rings is 1. The molecule has 10 nitrogen and oxygen atoms in total. The van der Waals surface area contributed by atoms with Gasteiger partial charge in [-0.1, -0.05) is 23.4 Å². The van der Waals surface area contributed by atoms with Gasteiger partial charge in [0.05, 0.1) is 22.6 Å². The Kier molecular flexibility index (Phi) is 5.70. The maximum atomic E-state index is 9.71. The monoisotopic (exact) mass is 509 g/mol. The number of aromatic nitrogens is 6. The predicted octanol–water partition coefficient (Wildman–Crippen LogP) is 4.64. The van der Waals surface area contributed by atoms with Crippen LogP contribution in [0.25, 0.3) is 27.0 Å². The van der Waals surface area contributed by atoms with Gasteiger partial charge in [0.1, 0.15) is 29.2 Å². The van der Waals surface area contributed by atoms with E-state index < -0.39 is 0 Å². The maximum Gasteiger partial charge on any atom is 0.201 e. The number of likely N-dealkylation sites (tertiary alicyclic amines) is 1. The highest BCUT2D eigenvalue weighted by Crippen LogP contribution is 2.34. The molecule has 0 spiro atoms. The van der Waals surface area contributed by atoms with E-state index in [2.05, 4.69) is 31.9 Å². The van der Waals surface area contributed by atoms with E-state index in [1.165, 1.54) is 11.5 Å². The van der Waals surface area contributed by atoms with Crippen LogP contribution in [0, 0.1) is 29.7 Å². The number of fused-ring (bicyclic) bond motifs is 2. The zero-order valence-electron chi connectivity index (χ0n) is 20.4. The van der Waals surface area contributed by atoms with Crippen molar-refractivity contribution in [2.24, 2.45) is 0 Å². The SMILES string of the molecule is Cc1c(-c2cc(OC(C)c3cccc4cnsc34)n3c(C#N)cnc3c2)nnn1C1CCN(C#N)CC1. The molecule has 1 aliphatic heterocycles. The summed E-state index contributed by atoms with van der Waals surface area (Å²) < 4.78 is 15.6. The van der Waals surface area contributed by atoms with Crippen LogP contribution in [0.5, 0.6) is 5.88 Å². The van der Waals surface area contributed by atoms with Crippen LogP contribution in [-0.2, 0) is 0 Å². The standard InChI is InChI=1S/C26H23N9OS/c1-16-25(31-32-35(16)20-6-8-33(15-28)9-7-20)19-10-23-29-14-21(12-27)34(23)24(11-19)36-17(2)22-5-3-4-18-13-30-37-26(18)22/h3-5,10-11,13-14,17,20H,6-9H2,1-2H3. The summed E-state index contributed by atoms with van der Waals surface area (Å²) in [6.07, 6.45) is 7.03. The van der Waals surface area contributed by atoms with Gasteiger partial charge in [-0.25, -0.2) is 9.67 Å². The van der Waals surface area contributed by atoms with E-state index in [1.54, 1.807) is 15.5 Å². The Morgan fingerprint density at radius 2 is 2.00 bits per heavy atom. The van der Waals surface area contributed by atoms with Gasteiger partial charge in [-0.3, -0.25) is 4.40 Å². The molecule has 0 amide bonds. The van der Waals surface area contributed by atoms with Gasteiger partial charge in [0.15, 0.2) is 6.19 Å². The minimum Gasteiger partial charge on any atom is -0.471 e. The van der Waals surface area contributed by atoms with Gasteiger partial charge in [-0.2, -0.15) is 14.9 Å². The Hall–Kier alpha value is -4.48. The van der Waals surface area contributed by atoms with Gasteiger partial charge in [0.25, 0.3) is 0 Å².